The molecule has 0 aromatic heterocycles. The molecule has 0 unspecified atom stereocenters. The summed E-state index contributed by atoms with van der Waals surface area (Å²) in [4.78, 5) is 24.8. The lowest BCUT2D eigenvalue weighted by molar-refractivity contribution is -0.137. The Kier molecular flexibility index (Phi) is 5.80. The molecule has 2 rings (SSSR count). The van der Waals surface area contributed by atoms with E-state index in [1.54, 1.807) is 0 Å². The zero-order chi connectivity index (χ0) is 18.4. The summed E-state index contributed by atoms with van der Waals surface area (Å²) in [5.74, 6) is -1.13. The zero-order valence-electron chi connectivity index (χ0n) is 13.3. The Bertz CT molecular complexity index is 728. The molecule has 0 atom stereocenters. The standard InChI is InChI=1S/C18H17F3N2O2/c19-18(20,21)14-7-9-15(10-8-14)23(12-16(22)24)17(25)11-6-13-4-2-1-3-5-13/h1-5,7-10H,6,11-12H2,(H2,22,24). The number of primary amides is 1. The molecule has 2 aromatic carbocycles. The van der Waals surface area contributed by atoms with Crippen molar-refractivity contribution in [1.82, 2.24) is 0 Å². The number of nitrogens with zero attached hydrogens (tertiary/aromatic N) is 1. The smallest absolute Gasteiger partial charge is 0.368 e. The number of amides is 2. The van der Waals surface area contributed by atoms with Gasteiger partial charge in [-0.25, -0.2) is 0 Å². The van der Waals surface area contributed by atoms with Crippen LogP contribution >= 0.6 is 0 Å². The maximum absolute atomic E-state index is 12.6. The van der Waals surface area contributed by atoms with Gasteiger partial charge in [0.05, 0.1) is 5.56 Å². The van der Waals surface area contributed by atoms with Crippen LogP contribution in [0.3, 0.4) is 0 Å². The number of nitrogens with two attached hydrogens (primary N) is 1. The summed E-state index contributed by atoms with van der Waals surface area (Å²) in [5, 5.41) is 0. The van der Waals surface area contributed by atoms with E-state index >= 15 is 0 Å². The Morgan fingerprint density at radius 3 is 2.08 bits per heavy atom. The van der Waals surface area contributed by atoms with Gasteiger partial charge >= 0.3 is 6.18 Å². The van der Waals surface area contributed by atoms with E-state index in [0.29, 0.717) is 6.42 Å². The van der Waals surface area contributed by atoms with E-state index in [1.165, 1.54) is 0 Å². The van der Waals surface area contributed by atoms with Gasteiger partial charge in [-0.3, -0.25) is 9.59 Å². The quantitative estimate of drug-likeness (QED) is 0.870. The normalized spacial score (nSPS) is 11.2. The molecule has 0 bridgehead atoms. The molecule has 2 aromatic rings. The maximum Gasteiger partial charge on any atom is 0.416 e. The van der Waals surface area contributed by atoms with Crippen LogP contribution in [-0.2, 0) is 22.2 Å². The zero-order valence-corrected chi connectivity index (χ0v) is 13.3. The Morgan fingerprint density at radius 2 is 1.56 bits per heavy atom. The molecule has 0 aliphatic heterocycles. The minimum absolute atomic E-state index is 0.109. The predicted octanol–water partition coefficient (Wildman–Crippen LogP) is 3.16. The number of alkyl halides is 3. The molecule has 7 heteroatoms. The van der Waals surface area contributed by atoms with Crippen molar-refractivity contribution in [3.63, 3.8) is 0 Å². The number of halogens is 3. The molecule has 132 valence electrons. The van der Waals surface area contributed by atoms with Crippen LogP contribution in [0.4, 0.5) is 18.9 Å². The highest BCUT2D eigenvalue weighted by molar-refractivity contribution is 5.98. The lowest BCUT2D eigenvalue weighted by atomic mass is 10.1. The van der Waals surface area contributed by atoms with E-state index in [0.717, 1.165) is 34.7 Å². The van der Waals surface area contributed by atoms with Crippen LogP contribution in [0, 0.1) is 0 Å². The molecule has 0 saturated carbocycles. The number of rotatable bonds is 6. The fourth-order valence-electron chi connectivity index (χ4n) is 2.34. The van der Waals surface area contributed by atoms with Gasteiger partial charge in [0.25, 0.3) is 0 Å². The second kappa shape index (κ2) is 7.83. The third-order valence-electron chi connectivity index (χ3n) is 3.59. The van der Waals surface area contributed by atoms with Crippen LogP contribution < -0.4 is 10.6 Å². The molecule has 0 heterocycles. The first-order valence-corrected chi connectivity index (χ1v) is 7.57. The Hall–Kier alpha value is -2.83. The van der Waals surface area contributed by atoms with Gasteiger partial charge in [-0.1, -0.05) is 30.3 Å². The van der Waals surface area contributed by atoms with E-state index in [1.807, 2.05) is 30.3 Å². The summed E-state index contributed by atoms with van der Waals surface area (Å²) in [6, 6.07) is 13.3. The minimum Gasteiger partial charge on any atom is -0.368 e. The number of anilines is 1. The van der Waals surface area contributed by atoms with Gasteiger partial charge in [0, 0.05) is 12.1 Å². The van der Waals surface area contributed by atoms with Crippen molar-refractivity contribution in [3.8, 4) is 0 Å². The van der Waals surface area contributed by atoms with Crippen LogP contribution in [0.15, 0.2) is 54.6 Å². The highest BCUT2D eigenvalue weighted by Gasteiger charge is 2.30. The molecule has 0 aliphatic rings. The third kappa shape index (κ3) is 5.34. The largest absolute Gasteiger partial charge is 0.416 e. The van der Waals surface area contributed by atoms with Gasteiger partial charge in [-0.05, 0) is 36.2 Å². The number of aryl methyl sites for hydroxylation is 1. The summed E-state index contributed by atoms with van der Waals surface area (Å²) in [5.41, 5.74) is 5.48. The summed E-state index contributed by atoms with van der Waals surface area (Å²) < 4.78 is 37.9. The van der Waals surface area contributed by atoms with E-state index in [9.17, 15) is 22.8 Å². The van der Waals surface area contributed by atoms with Gasteiger partial charge in [0.1, 0.15) is 6.54 Å². The van der Waals surface area contributed by atoms with Crippen molar-refractivity contribution in [2.24, 2.45) is 5.73 Å². The predicted molar refractivity (Wildman–Crippen MR) is 87.8 cm³/mol. The molecule has 4 nitrogen and oxygen atoms in total. The van der Waals surface area contributed by atoms with Crippen molar-refractivity contribution in [3.05, 3.63) is 65.7 Å². The average molecular weight is 350 g/mol. The van der Waals surface area contributed by atoms with E-state index < -0.39 is 17.6 Å². The second-order valence-corrected chi connectivity index (χ2v) is 5.48. The highest BCUT2D eigenvalue weighted by Crippen LogP contribution is 2.30. The van der Waals surface area contributed by atoms with Crippen molar-refractivity contribution in [1.29, 1.82) is 0 Å². The SMILES string of the molecule is NC(=O)CN(C(=O)CCc1ccccc1)c1ccc(C(F)(F)F)cc1. The molecule has 0 radical (unpaired) electrons. The van der Waals surface area contributed by atoms with Crippen molar-refractivity contribution >= 4 is 17.5 Å². The van der Waals surface area contributed by atoms with Crippen molar-refractivity contribution in [2.75, 3.05) is 11.4 Å². The van der Waals surface area contributed by atoms with E-state index in [2.05, 4.69) is 0 Å². The summed E-state index contributed by atoms with van der Waals surface area (Å²) >= 11 is 0. The first kappa shape index (κ1) is 18.5. The van der Waals surface area contributed by atoms with Crippen LogP contribution in [0.1, 0.15) is 17.5 Å². The van der Waals surface area contributed by atoms with Crippen LogP contribution in [0.5, 0.6) is 0 Å². The molecular weight excluding hydrogens is 333 g/mol. The maximum atomic E-state index is 12.6. The van der Waals surface area contributed by atoms with Gasteiger partial charge < -0.3 is 10.6 Å². The Balaban J connectivity index is 2.14. The van der Waals surface area contributed by atoms with Gasteiger partial charge in [0.15, 0.2) is 0 Å². The lowest BCUT2D eigenvalue weighted by Crippen LogP contribution is -2.38. The summed E-state index contributed by atoms with van der Waals surface area (Å²) in [6.07, 6.45) is -3.90. The number of hydrogen-bond acceptors (Lipinski definition) is 2. The Morgan fingerprint density at radius 1 is 0.960 bits per heavy atom. The molecular formula is C18H17F3N2O2. The molecule has 2 amide bonds. The topological polar surface area (TPSA) is 63.4 Å². The lowest BCUT2D eigenvalue weighted by Gasteiger charge is -2.22. The van der Waals surface area contributed by atoms with Gasteiger partial charge in [-0.15, -0.1) is 0 Å². The first-order valence-electron chi connectivity index (χ1n) is 7.57. The van der Waals surface area contributed by atoms with Crippen LogP contribution in [0.25, 0.3) is 0 Å². The second-order valence-electron chi connectivity index (χ2n) is 5.48. The average Bonchev–Trinajstić information content (AvgIpc) is 2.58. The fourth-order valence-corrected chi connectivity index (χ4v) is 2.34. The third-order valence-corrected chi connectivity index (χ3v) is 3.59. The van der Waals surface area contributed by atoms with E-state index in [-0.39, 0.29) is 24.6 Å². The number of carbonyl (C=O) groups is 2. The summed E-state index contributed by atoms with van der Waals surface area (Å²) in [6.45, 7) is -0.390. The number of benzene rings is 2. The highest BCUT2D eigenvalue weighted by atomic mass is 19.4. The van der Waals surface area contributed by atoms with Crippen LogP contribution in [-0.4, -0.2) is 18.4 Å². The molecule has 0 fully saturated rings. The van der Waals surface area contributed by atoms with E-state index in [4.69, 9.17) is 5.73 Å². The van der Waals surface area contributed by atoms with Crippen molar-refractivity contribution in [2.45, 2.75) is 19.0 Å². The molecule has 0 saturated heterocycles. The molecule has 0 aliphatic carbocycles. The minimum atomic E-state index is -4.47. The molecule has 25 heavy (non-hydrogen) atoms. The van der Waals surface area contributed by atoms with Crippen molar-refractivity contribution < 1.29 is 22.8 Å². The van der Waals surface area contributed by atoms with Gasteiger partial charge in [-0.2, -0.15) is 13.2 Å². The monoisotopic (exact) mass is 350 g/mol. The number of carbonyl (C=O) groups excluding carboxylic acids is 2. The first-order chi connectivity index (χ1) is 11.8. The number of hydrogen-bond donors (Lipinski definition) is 1. The molecule has 0 spiro atoms. The fraction of sp³-hybridized carbons (Fsp3) is 0.222. The summed E-state index contributed by atoms with van der Waals surface area (Å²) in [7, 11) is 0. The Labute approximate surface area is 143 Å². The van der Waals surface area contributed by atoms with Gasteiger partial charge in [0.2, 0.25) is 11.8 Å². The van der Waals surface area contributed by atoms with Crippen LogP contribution in [0.2, 0.25) is 0 Å². The molecule has 2 N–H and O–H groups in total.